The zero-order valence-electron chi connectivity index (χ0n) is 28.0. The Bertz CT molecular complexity index is 1740. The molecule has 0 aliphatic heterocycles. The molecule has 0 aliphatic carbocycles. The van der Waals surface area contributed by atoms with Crippen molar-refractivity contribution >= 4 is 27.5 Å². The van der Waals surface area contributed by atoms with E-state index in [0.29, 0.717) is 55.6 Å². The van der Waals surface area contributed by atoms with Gasteiger partial charge in [-0.3, -0.25) is 4.79 Å². The van der Waals surface area contributed by atoms with Crippen LogP contribution >= 0.6 is 0 Å². The van der Waals surface area contributed by atoms with E-state index >= 15 is 0 Å². The summed E-state index contributed by atoms with van der Waals surface area (Å²) in [5.74, 6) is 1.32. The first-order valence-electron chi connectivity index (χ1n) is 16.7. The van der Waals surface area contributed by atoms with Crippen LogP contribution in [0.15, 0.2) is 97.1 Å². The summed E-state index contributed by atoms with van der Waals surface area (Å²) in [6.45, 7) is 8.44. The quantitative estimate of drug-likeness (QED) is 0.103. The van der Waals surface area contributed by atoms with Gasteiger partial charge in [0, 0.05) is 30.7 Å². The molecule has 5 rings (SSSR count). The van der Waals surface area contributed by atoms with Gasteiger partial charge in [0.2, 0.25) is 5.75 Å². The van der Waals surface area contributed by atoms with Gasteiger partial charge in [-0.1, -0.05) is 84.9 Å². The molecule has 47 heavy (non-hydrogen) atoms. The lowest BCUT2D eigenvalue weighted by Gasteiger charge is -2.25. The SMILES string of the molecule is CCOc1cc(C(=O)N[C@@H](CN[C@H](CNC)Cc2ccc3ccccc3c2)Cc2cccc3ccccc23)cc(OCC)c1OCC. The van der Waals surface area contributed by atoms with Crippen LogP contribution in [0.2, 0.25) is 0 Å². The first-order chi connectivity index (χ1) is 23.0. The minimum absolute atomic E-state index is 0.160. The predicted octanol–water partition coefficient (Wildman–Crippen LogP) is 6.95. The first kappa shape index (κ1) is 33.8. The molecule has 0 unspecified atom stereocenters. The minimum Gasteiger partial charge on any atom is -0.490 e. The monoisotopic (exact) mass is 633 g/mol. The van der Waals surface area contributed by atoms with Crippen LogP contribution in [0.25, 0.3) is 21.5 Å². The molecule has 0 aliphatic rings. The van der Waals surface area contributed by atoms with E-state index in [1.165, 1.54) is 32.7 Å². The van der Waals surface area contributed by atoms with Gasteiger partial charge in [-0.05, 0) is 85.5 Å². The van der Waals surface area contributed by atoms with Gasteiger partial charge in [-0.2, -0.15) is 0 Å². The number of hydrogen-bond acceptors (Lipinski definition) is 6. The zero-order chi connectivity index (χ0) is 33.0. The zero-order valence-corrected chi connectivity index (χ0v) is 28.0. The average molecular weight is 634 g/mol. The van der Waals surface area contributed by atoms with Gasteiger partial charge >= 0.3 is 0 Å². The van der Waals surface area contributed by atoms with E-state index in [1.54, 1.807) is 12.1 Å². The van der Waals surface area contributed by atoms with E-state index in [-0.39, 0.29) is 18.0 Å². The molecule has 0 saturated heterocycles. The van der Waals surface area contributed by atoms with Crippen molar-refractivity contribution in [3.63, 3.8) is 0 Å². The van der Waals surface area contributed by atoms with Gasteiger partial charge in [-0.15, -0.1) is 0 Å². The third-order valence-corrected chi connectivity index (χ3v) is 8.25. The Morgan fingerprint density at radius 3 is 2.02 bits per heavy atom. The summed E-state index contributed by atoms with van der Waals surface area (Å²) in [6, 6.07) is 33.3. The highest BCUT2D eigenvalue weighted by Crippen LogP contribution is 2.39. The highest BCUT2D eigenvalue weighted by atomic mass is 16.5. The number of carbonyl (C=O) groups excluding carboxylic acids is 1. The van der Waals surface area contributed by atoms with Gasteiger partial charge in [0.05, 0.1) is 19.8 Å². The van der Waals surface area contributed by atoms with Crippen molar-refractivity contribution in [2.75, 3.05) is 40.0 Å². The third-order valence-electron chi connectivity index (χ3n) is 8.25. The molecule has 0 bridgehead atoms. The van der Waals surface area contributed by atoms with Gasteiger partial charge in [0.25, 0.3) is 5.91 Å². The van der Waals surface area contributed by atoms with Crippen molar-refractivity contribution in [1.82, 2.24) is 16.0 Å². The molecular weight excluding hydrogens is 586 g/mol. The number of hydrogen-bond donors (Lipinski definition) is 3. The molecule has 2 atom stereocenters. The lowest BCUT2D eigenvalue weighted by molar-refractivity contribution is 0.0934. The second-order valence-electron chi connectivity index (χ2n) is 11.7. The van der Waals surface area contributed by atoms with Crippen LogP contribution < -0.4 is 30.2 Å². The van der Waals surface area contributed by atoms with Gasteiger partial charge in [-0.25, -0.2) is 0 Å². The third kappa shape index (κ3) is 8.82. The molecule has 7 heteroatoms. The smallest absolute Gasteiger partial charge is 0.251 e. The number of carbonyl (C=O) groups is 1. The van der Waals surface area contributed by atoms with Crippen LogP contribution in [0.1, 0.15) is 42.3 Å². The number of benzene rings is 5. The fraction of sp³-hybridized carbons (Fsp3) is 0.325. The summed E-state index contributed by atoms with van der Waals surface area (Å²) in [7, 11) is 1.97. The molecule has 3 N–H and O–H groups in total. The maximum atomic E-state index is 14.0. The molecule has 246 valence electrons. The molecule has 0 heterocycles. The van der Waals surface area contributed by atoms with E-state index in [1.807, 2.05) is 27.8 Å². The summed E-state index contributed by atoms with van der Waals surface area (Å²) < 4.78 is 17.7. The Morgan fingerprint density at radius 2 is 1.32 bits per heavy atom. The van der Waals surface area contributed by atoms with Crippen LogP contribution in [0.3, 0.4) is 0 Å². The Balaban J connectivity index is 1.41. The number of ether oxygens (including phenoxy) is 3. The Morgan fingerprint density at radius 1 is 0.660 bits per heavy atom. The van der Waals surface area contributed by atoms with Crippen LogP contribution in [0.5, 0.6) is 17.2 Å². The molecule has 0 radical (unpaired) electrons. The summed E-state index contributed by atoms with van der Waals surface area (Å²) in [5.41, 5.74) is 2.92. The number of fused-ring (bicyclic) bond motifs is 2. The van der Waals surface area contributed by atoms with E-state index in [0.717, 1.165) is 13.0 Å². The van der Waals surface area contributed by atoms with Crippen LogP contribution in [-0.4, -0.2) is 57.9 Å². The number of rotatable bonds is 17. The van der Waals surface area contributed by atoms with Crippen LogP contribution in [0, 0.1) is 0 Å². The number of likely N-dealkylation sites (N-methyl/N-ethyl adjacent to an activating group) is 1. The van der Waals surface area contributed by atoms with Crippen molar-refractivity contribution in [3.8, 4) is 17.2 Å². The Labute approximate surface area is 278 Å². The van der Waals surface area contributed by atoms with Gasteiger partial charge in [0.1, 0.15) is 0 Å². The Kier molecular flexibility index (Phi) is 12.1. The van der Waals surface area contributed by atoms with Gasteiger partial charge < -0.3 is 30.2 Å². The van der Waals surface area contributed by atoms with Crippen molar-refractivity contribution in [2.45, 2.75) is 45.7 Å². The maximum Gasteiger partial charge on any atom is 0.251 e. The number of amides is 1. The Hall–Kier alpha value is -4.59. The molecule has 0 saturated carbocycles. The van der Waals surface area contributed by atoms with Crippen LogP contribution in [0.4, 0.5) is 0 Å². The van der Waals surface area contributed by atoms with E-state index in [4.69, 9.17) is 14.2 Å². The molecule has 0 fully saturated rings. The topological polar surface area (TPSA) is 80.9 Å². The molecule has 7 nitrogen and oxygen atoms in total. The summed E-state index contributed by atoms with van der Waals surface area (Å²) in [5, 5.41) is 15.3. The van der Waals surface area contributed by atoms with E-state index in [9.17, 15) is 4.79 Å². The lowest BCUT2D eigenvalue weighted by Crippen LogP contribution is -2.48. The first-order valence-corrected chi connectivity index (χ1v) is 16.7. The molecule has 5 aromatic rings. The summed E-state index contributed by atoms with van der Waals surface area (Å²) in [4.78, 5) is 14.0. The standard InChI is InChI=1S/C40H47N3O4/c1-5-45-37-24-33(25-38(46-6-2)39(37)47-7-3)40(44)43-35(23-32-17-12-16-30-14-10-11-18-36(30)32)27-42-34(26-41-4)22-28-19-20-29-13-8-9-15-31(29)21-28/h8-21,24-25,34-35,41-42H,5-7,22-23,26-27H2,1-4H3,(H,43,44)/t34-,35+/m0/s1. The predicted molar refractivity (Wildman–Crippen MR) is 192 cm³/mol. The fourth-order valence-corrected chi connectivity index (χ4v) is 6.12. The summed E-state index contributed by atoms with van der Waals surface area (Å²) >= 11 is 0. The largest absolute Gasteiger partial charge is 0.490 e. The van der Waals surface area contributed by atoms with Crippen molar-refractivity contribution in [2.24, 2.45) is 0 Å². The normalized spacial score (nSPS) is 12.5. The molecule has 0 aromatic heterocycles. The number of nitrogens with one attached hydrogen (secondary N) is 3. The van der Waals surface area contributed by atoms with Crippen molar-refractivity contribution < 1.29 is 19.0 Å². The van der Waals surface area contributed by atoms with E-state index in [2.05, 4.69) is 101 Å². The second kappa shape index (κ2) is 16.8. The maximum absolute atomic E-state index is 14.0. The molecule has 0 spiro atoms. The second-order valence-corrected chi connectivity index (χ2v) is 11.7. The highest BCUT2D eigenvalue weighted by Gasteiger charge is 2.22. The molecule has 1 amide bonds. The lowest BCUT2D eigenvalue weighted by atomic mass is 9.97. The van der Waals surface area contributed by atoms with Gasteiger partial charge in [0.15, 0.2) is 11.5 Å². The molecular formula is C40H47N3O4. The average Bonchev–Trinajstić information content (AvgIpc) is 3.08. The fourth-order valence-electron chi connectivity index (χ4n) is 6.12. The van der Waals surface area contributed by atoms with Crippen molar-refractivity contribution in [1.29, 1.82) is 0 Å². The van der Waals surface area contributed by atoms with Crippen LogP contribution in [-0.2, 0) is 12.8 Å². The van der Waals surface area contributed by atoms with E-state index < -0.39 is 0 Å². The minimum atomic E-state index is -0.193. The molecule has 5 aromatic carbocycles. The van der Waals surface area contributed by atoms with Crippen molar-refractivity contribution in [3.05, 3.63) is 114 Å². The highest BCUT2D eigenvalue weighted by molar-refractivity contribution is 5.96. The summed E-state index contributed by atoms with van der Waals surface area (Å²) in [6.07, 6.45) is 1.52.